The summed E-state index contributed by atoms with van der Waals surface area (Å²) in [6, 6.07) is 6.20. The highest BCUT2D eigenvalue weighted by atomic mass is 32.2. The van der Waals surface area contributed by atoms with Gasteiger partial charge in [0.05, 0.1) is 4.90 Å². The molecule has 0 spiro atoms. The van der Waals surface area contributed by atoms with Crippen molar-refractivity contribution < 1.29 is 13.2 Å². The minimum absolute atomic E-state index is 0.0544. The van der Waals surface area contributed by atoms with Crippen LogP contribution in [0, 0.1) is 17.8 Å². The lowest BCUT2D eigenvalue weighted by molar-refractivity contribution is 0.101. The third kappa shape index (κ3) is 2.97. The van der Waals surface area contributed by atoms with Crippen molar-refractivity contribution in [2.75, 3.05) is 0 Å². The Morgan fingerprint density at radius 1 is 1.27 bits per heavy atom. The van der Waals surface area contributed by atoms with Gasteiger partial charge in [0.2, 0.25) is 10.0 Å². The number of carbonyl (C=O) groups excluding carboxylic acids is 1. The summed E-state index contributed by atoms with van der Waals surface area (Å²) in [6.45, 7) is 3.41. The van der Waals surface area contributed by atoms with E-state index in [1.54, 1.807) is 18.2 Å². The average Bonchev–Trinajstić information content (AvgIpc) is 3.09. The molecule has 4 nitrogen and oxygen atoms in total. The van der Waals surface area contributed by atoms with Gasteiger partial charge in [-0.1, -0.05) is 18.6 Å². The number of rotatable bonds is 5. The topological polar surface area (TPSA) is 63.2 Å². The van der Waals surface area contributed by atoms with Gasteiger partial charge in [0.1, 0.15) is 0 Å². The second-order valence-electron chi connectivity index (χ2n) is 6.83. The Bertz CT molecular complexity index is 683. The quantitative estimate of drug-likeness (QED) is 0.848. The van der Waals surface area contributed by atoms with E-state index in [1.165, 1.54) is 32.3 Å². The van der Waals surface area contributed by atoms with E-state index in [0.717, 1.165) is 12.3 Å². The van der Waals surface area contributed by atoms with Crippen molar-refractivity contribution in [3.63, 3.8) is 0 Å². The number of carbonyl (C=O) groups is 1. The Balaban J connectivity index is 1.76. The molecular formula is C17H23NO3S. The van der Waals surface area contributed by atoms with Crippen molar-refractivity contribution in [3.05, 3.63) is 29.8 Å². The van der Waals surface area contributed by atoms with Gasteiger partial charge in [-0.25, -0.2) is 13.1 Å². The molecule has 2 aliphatic rings. The fraction of sp³-hybridized carbons (Fsp3) is 0.588. The summed E-state index contributed by atoms with van der Waals surface area (Å²) in [7, 11) is -3.57. The molecule has 2 saturated carbocycles. The highest BCUT2D eigenvalue weighted by Gasteiger charge is 2.42. The Morgan fingerprint density at radius 3 is 2.64 bits per heavy atom. The van der Waals surface area contributed by atoms with E-state index in [2.05, 4.69) is 4.72 Å². The number of Topliss-reactive ketones (excluding diaryl/α,β-unsaturated/α-hetero) is 1. The SMILES string of the molecule is CC(=O)c1cccc(S(=O)(=O)N[C@H](C)[C@H]2C[C@H]3CC[C@H]2C3)c1. The van der Waals surface area contributed by atoms with Gasteiger partial charge >= 0.3 is 0 Å². The summed E-state index contributed by atoms with van der Waals surface area (Å²) in [5, 5.41) is 0. The zero-order chi connectivity index (χ0) is 15.9. The first kappa shape index (κ1) is 15.7. The van der Waals surface area contributed by atoms with Gasteiger partial charge < -0.3 is 0 Å². The number of hydrogen-bond donors (Lipinski definition) is 1. The number of nitrogens with one attached hydrogen (secondary N) is 1. The first-order valence-corrected chi connectivity index (χ1v) is 9.48. The first-order chi connectivity index (χ1) is 10.4. The maximum Gasteiger partial charge on any atom is 0.240 e. The van der Waals surface area contributed by atoms with Gasteiger partial charge in [0, 0.05) is 11.6 Å². The standard InChI is InChI=1S/C17H23NO3S/c1-11(17-9-13-6-7-15(17)8-13)18-22(20,21)16-5-3-4-14(10-16)12(2)19/h3-5,10-11,13,15,17-18H,6-9H2,1-2H3/t11-,13+,15+,17-/m1/s1. The van der Waals surface area contributed by atoms with E-state index in [9.17, 15) is 13.2 Å². The van der Waals surface area contributed by atoms with E-state index in [-0.39, 0.29) is 16.7 Å². The molecular weight excluding hydrogens is 298 g/mol. The number of hydrogen-bond acceptors (Lipinski definition) is 3. The molecule has 0 heterocycles. The Morgan fingerprint density at radius 2 is 2.05 bits per heavy atom. The number of fused-ring (bicyclic) bond motifs is 2. The van der Waals surface area contributed by atoms with Crippen LogP contribution in [0.5, 0.6) is 0 Å². The summed E-state index contributed by atoms with van der Waals surface area (Å²) in [4.78, 5) is 11.6. The van der Waals surface area contributed by atoms with Crippen LogP contribution in [0.25, 0.3) is 0 Å². The van der Waals surface area contributed by atoms with Crippen LogP contribution in [0.3, 0.4) is 0 Å². The number of benzene rings is 1. The molecule has 2 bridgehead atoms. The van der Waals surface area contributed by atoms with Gasteiger partial charge in [-0.2, -0.15) is 0 Å². The summed E-state index contributed by atoms with van der Waals surface area (Å²) < 4.78 is 27.9. The molecule has 0 saturated heterocycles. The molecule has 0 unspecified atom stereocenters. The Labute approximate surface area is 132 Å². The van der Waals surface area contributed by atoms with E-state index >= 15 is 0 Å². The van der Waals surface area contributed by atoms with Crippen molar-refractivity contribution in [1.82, 2.24) is 4.72 Å². The molecule has 5 heteroatoms. The third-order valence-electron chi connectivity index (χ3n) is 5.33. The lowest BCUT2D eigenvalue weighted by Crippen LogP contribution is -2.40. The summed E-state index contributed by atoms with van der Waals surface area (Å²) in [6.07, 6.45) is 4.95. The van der Waals surface area contributed by atoms with Gasteiger partial charge in [-0.15, -0.1) is 0 Å². The molecule has 1 aromatic carbocycles. The molecule has 1 aromatic rings. The smallest absolute Gasteiger partial charge is 0.240 e. The van der Waals surface area contributed by atoms with Crippen molar-refractivity contribution in [1.29, 1.82) is 0 Å². The van der Waals surface area contributed by atoms with Crippen molar-refractivity contribution in [2.45, 2.75) is 50.5 Å². The predicted molar refractivity (Wildman–Crippen MR) is 85.2 cm³/mol. The van der Waals surface area contributed by atoms with Crippen LogP contribution in [-0.2, 0) is 10.0 Å². The largest absolute Gasteiger partial charge is 0.295 e. The van der Waals surface area contributed by atoms with Crippen LogP contribution in [-0.4, -0.2) is 20.2 Å². The molecule has 0 radical (unpaired) electrons. The summed E-state index contributed by atoms with van der Waals surface area (Å²) in [5.41, 5.74) is 0.426. The zero-order valence-electron chi connectivity index (χ0n) is 13.1. The maximum atomic E-state index is 12.6. The lowest BCUT2D eigenvalue weighted by atomic mass is 9.84. The highest BCUT2D eigenvalue weighted by Crippen LogP contribution is 2.49. The van der Waals surface area contributed by atoms with Gasteiger partial charge in [-0.3, -0.25) is 4.79 Å². The monoisotopic (exact) mass is 321 g/mol. The van der Waals surface area contributed by atoms with Gasteiger partial charge in [-0.05, 0) is 63.0 Å². The fourth-order valence-corrected chi connectivity index (χ4v) is 5.53. The van der Waals surface area contributed by atoms with Crippen LogP contribution in [0.4, 0.5) is 0 Å². The second kappa shape index (κ2) is 5.78. The van der Waals surface area contributed by atoms with Crippen molar-refractivity contribution >= 4 is 15.8 Å². The van der Waals surface area contributed by atoms with Crippen LogP contribution in [0.1, 0.15) is 49.9 Å². The van der Waals surface area contributed by atoms with Crippen LogP contribution < -0.4 is 4.72 Å². The van der Waals surface area contributed by atoms with Crippen LogP contribution >= 0.6 is 0 Å². The molecule has 4 atom stereocenters. The minimum atomic E-state index is -3.57. The van der Waals surface area contributed by atoms with E-state index < -0.39 is 10.0 Å². The Hall–Kier alpha value is -1.20. The average molecular weight is 321 g/mol. The molecule has 3 rings (SSSR count). The van der Waals surface area contributed by atoms with E-state index in [0.29, 0.717) is 17.4 Å². The highest BCUT2D eigenvalue weighted by molar-refractivity contribution is 7.89. The normalized spacial score (nSPS) is 28.7. The minimum Gasteiger partial charge on any atom is -0.295 e. The molecule has 2 aliphatic carbocycles. The second-order valence-corrected chi connectivity index (χ2v) is 8.55. The summed E-state index contributed by atoms with van der Waals surface area (Å²) in [5.74, 6) is 1.79. The summed E-state index contributed by atoms with van der Waals surface area (Å²) >= 11 is 0. The molecule has 22 heavy (non-hydrogen) atoms. The predicted octanol–water partition coefficient (Wildman–Crippen LogP) is 2.99. The van der Waals surface area contributed by atoms with Crippen molar-refractivity contribution in [2.24, 2.45) is 17.8 Å². The molecule has 120 valence electrons. The molecule has 2 fully saturated rings. The van der Waals surface area contributed by atoms with Crippen LogP contribution in [0.15, 0.2) is 29.2 Å². The first-order valence-electron chi connectivity index (χ1n) is 8.00. The Kier molecular flexibility index (Phi) is 4.12. The molecule has 1 N–H and O–H groups in total. The molecule has 0 amide bonds. The van der Waals surface area contributed by atoms with Gasteiger partial charge in [0.25, 0.3) is 0 Å². The van der Waals surface area contributed by atoms with Crippen LogP contribution in [0.2, 0.25) is 0 Å². The zero-order valence-corrected chi connectivity index (χ0v) is 13.9. The third-order valence-corrected chi connectivity index (χ3v) is 6.88. The molecule has 0 aliphatic heterocycles. The maximum absolute atomic E-state index is 12.6. The van der Waals surface area contributed by atoms with Crippen molar-refractivity contribution in [3.8, 4) is 0 Å². The lowest BCUT2D eigenvalue weighted by Gasteiger charge is -2.28. The van der Waals surface area contributed by atoms with Gasteiger partial charge in [0.15, 0.2) is 5.78 Å². The van der Waals surface area contributed by atoms with E-state index in [4.69, 9.17) is 0 Å². The fourth-order valence-electron chi connectivity index (χ4n) is 4.19. The molecule has 0 aromatic heterocycles. The number of sulfonamides is 1. The number of ketones is 1. The van der Waals surface area contributed by atoms with E-state index in [1.807, 2.05) is 6.92 Å².